The van der Waals surface area contributed by atoms with E-state index >= 15 is 0 Å². The smallest absolute Gasteiger partial charge is 0.410 e. The number of ether oxygens (including phenoxy) is 1. The maximum atomic E-state index is 12.3. The molecule has 144 valence electrons. The number of amides is 1. The normalized spacial score (nSPS) is 19.8. The van der Waals surface area contributed by atoms with Crippen LogP contribution < -0.4 is 4.90 Å². The van der Waals surface area contributed by atoms with Crippen LogP contribution in [0.4, 0.5) is 10.5 Å². The molecule has 0 saturated carbocycles. The van der Waals surface area contributed by atoms with E-state index in [1.54, 1.807) is 0 Å². The van der Waals surface area contributed by atoms with Crippen LogP contribution in [0, 0.1) is 5.41 Å². The fourth-order valence-corrected chi connectivity index (χ4v) is 4.06. The van der Waals surface area contributed by atoms with E-state index in [0.717, 1.165) is 39.0 Å². The molecule has 1 spiro atoms. The number of nitrogens with zero attached hydrogens (tertiary/aromatic N) is 2. The molecule has 5 heteroatoms. The Balaban J connectivity index is 1.55. The van der Waals surface area contributed by atoms with E-state index in [-0.39, 0.29) is 12.7 Å². The number of likely N-dealkylation sites (tertiary alicyclic amines) is 1. The van der Waals surface area contributed by atoms with Gasteiger partial charge in [0.1, 0.15) is 5.60 Å². The highest BCUT2D eigenvalue weighted by molar-refractivity contribution is 5.68. The Kier molecular flexibility index (Phi) is 5.47. The molecule has 2 saturated heterocycles. The van der Waals surface area contributed by atoms with Gasteiger partial charge in [-0.2, -0.15) is 0 Å². The van der Waals surface area contributed by atoms with Gasteiger partial charge in [0, 0.05) is 38.5 Å². The lowest BCUT2D eigenvalue weighted by Crippen LogP contribution is -2.46. The summed E-state index contributed by atoms with van der Waals surface area (Å²) in [6.07, 6.45) is 3.82. The quantitative estimate of drug-likeness (QED) is 0.897. The molecule has 0 atom stereocenters. The molecule has 2 fully saturated rings. The fraction of sp³-hybridized carbons (Fsp3) is 0.667. The van der Waals surface area contributed by atoms with Crippen molar-refractivity contribution in [2.24, 2.45) is 5.41 Å². The molecule has 2 aliphatic rings. The summed E-state index contributed by atoms with van der Waals surface area (Å²) in [5, 5.41) is 9.04. The first-order chi connectivity index (χ1) is 12.3. The zero-order valence-electron chi connectivity index (χ0n) is 16.3. The Morgan fingerprint density at radius 1 is 1.12 bits per heavy atom. The maximum Gasteiger partial charge on any atom is 0.410 e. The van der Waals surface area contributed by atoms with E-state index in [1.807, 2.05) is 25.7 Å². The molecule has 0 bridgehead atoms. The number of rotatable bonds is 3. The molecule has 5 nitrogen and oxygen atoms in total. The number of carbonyl (C=O) groups excluding carboxylic acids is 1. The van der Waals surface area contributed by atoms with E-state index in [2.05, 4.69) is 29.2 Å². The third kappa shape index (κ3) is 4.50. The van der Waals surface area contributed by atoms with Gasteiger partial charge >= 0.3 is 6.09 Å². The topological polar surface area (TPSA) is 53.0 Å². The first-order valence-corrected chi connectivity index (χ1v) is 9.73. The first kappa shape index (κ1) is 19.0. The Bertz CT molecular complexity index is 613. The molecule has 1 aromatic carbocycles. The third-order valence-corrected chi connectivity index (χ3v) is 5.62. The summed E-state index contributed by atoms with van der Waals surface area (Å²) in [6.45, 7) is 9.65. The number of benzene rings is 1. The molecule has 0 unspecified atom stereocenters. The number of aliphatic hydroxyl groups excluding tert-OH is 1. The number of aliphatic hydroxyl groups is 1. The van der Waals surface area contributed by atoms with Crippen LogP contribution in [0.15, 0.2) is 24.3 Å². The number of anilines is 1. The van der Waals surface area contributed by atoms with E-state index < -0.39 is 5.60 Å². The first-order valence-electron chi connectivity index (χ1n) is 9.73. The summed E-state index contributed by atoms with van der Waals surface area (Å²) in [4.78, 5) is 16.6. The third-order valence-electron chi connectivity index (χ3n) is 5.62. The highest BCUT2D eigenvalue weighted by Crippen LogP contribution is 2.42. The second-order valence-corrected chi connectivity index (χ2v) is 8.78. The number of piperidine rings is 1. The van der Waals surface area contributed by atoms with Gasteiger partial charge in [0.15, 0.2) is 0 Å². The van der Waals surface area contributed by atoms with E-state index in [0.29, 0.717) is 11.8 Å². The predicted octanol–water partition coefficient (Wildman–Crippen LogP) is 3.45. The minimum absolute atomic E-state index is 0.179. The number of hydrogen-bond donors (Lipinski definition) is 1. The summed E-state index contributed by atoms with van der Waals surface area (Å²) >= 11 is 0. The fourth-order valence-electron chi connectivity index (χ4n) is 4.06. The van der Waals surface area contributed by atoms with Crippen LogP contribution in [0.5, 0.6) is 0 Å². The standard InChI is InChI=1S/C21H32N2O3/c1-20(2,3)26-19(25)22-12-9-21(10-13-22)11-14-23(16-21)18-6-4-17(5-7-18)8-15-24/h4-7,24H,8-16H2,1-3H3. The Labute approximate surface area is 156 Å². The van der Waals surface area contributed by atoms with Gasteiger partial charge in [0.2, 0.25) is 0 Å². The van der Waals surface area contributed by atoms with Crippen molar-refractivity contribution in [3.63, 3.8) is 0 Å². The van der Waals surface area contributed by atoms with Crippen molar-refractivity contribution in [3.05, 3.63) is 29.8 Å². The molecule has 1 N–H and O–H groups in total. The molecule has 0 aromatic heterocycles. The second kappa shape index (κ2) is 7.47. The molecule has 2 aliphatic heterocycles. The van der Waals surface area contributed by atoms with Gasteiger partial charge in [0.25, 0.3) is 0 Å². The van der Waals surface area contributed by atoms with Gasteiger partial charge in [-0.25, -0.2) is 4.79 Å². The molecule has 2 heterocycles. The summed E-state index contributed by atoms with van der Waals surface area (Å²) in [7, 11) is 0. The van der Waals surface area contributed by atoms with Crippen LogP contribution in [-0.2, 0) is 11.2 Å². The average Bonchev–Trinajstić information content (AvgIpc) is 2.99. The highest BCUT2D eigenvalue weighted by atomic mass is 16.6. The summed E-state index contributed by atoms with van der Waals surface area (Å²) in [6, 6.07) is 8.56. The van der Waals surface area contributed by atoms with Gasteiger partial charge < -0.3 is 19.6 Å². The lowest BCUT2D eigenvalue weighted by molar-refractivity contribution is 0.0122. The molecule has 0 radical (unpaired) electrons. The van der Waals surface area contributed by atoms with Crippen molar-refractivity contribution in [2.75, 3.05) is 37.7 Å². The zero-order valence-corrected chi connectivity index (χ0v) is 16.3. The second-order valence-electron chi connectivity index (χ2n) is 8.78. The van der Waals surface area contributed by atoms with Crippen LogP contribution in [0.25, 0.3) is 0 Å². The Morgan fingerprint density at radius 2 is 1.73 bits per heavy atom. The highest BCUT2D eigenvalue weighted by Gasteiger charge is 2.42. The van der Waals surface area contributed by atoms with Crippen LogP contribution in [0.3, 0.4) is 0 Å². The van der Waals surface area contributed by atoms with Crippen molar-refractivity contribution in [1.82, 2.24) is 4.90 Å². The zero-order chi connectivity index (χ0) is 18.8. The Hall–Kier alpha value is -1.75. The molecular formula is C21H32N2O3. The monoisotopic (exact) mass is 360 g/mol. The summed E-state index contributed by atoms with van der Waals surface area (Å²) < 4.78 is 5.51. The molecule has 26 heavy (non-hydrogen) atoms. The van der Waals surface area contributed by atoms with Gasteiger partial charge in [0.05, 0.1) is 0 Å². The van der Waals surface area contributed by atoms with Crippen molar-refractivity contribution < 1.29 is 14.6 Å². The molecule has 1 amide bonds. The SMILES string of the molecule is CC(C)(C)OC(=O)N1CCC2(CC1)CCN(c1ccc(CCO)cc1)C2. The minimum atomic E-state index is -0.432. The van der Waals surface area contributed by atoms with Crippen LogP contribution in [0.2, 0.25) is 0 Å². The molecular weight excluding hydrogens is 328 g/mol. The van der Waals surface area contributed by atoms with E-state index in [1.165, 1.54) is 17.7 Å². The maximum absolute atomic E-state index is 12.3. The van der Waals surface area contributed by atoms with Crippen molar-refractivity contribution >= 4 is 11.8 Å². The van der Waals surface area contributed by atoms with Gasteiger partial charge in [-0.15, -0.1) is 0 Å². The summed E-state index contributed by atoms with van der Waals surface area (Å²) in [5.74, 6) is 0. The molecule has 1 aromatic rings. The molecule has 0 aliphatic carbocycles. The Morgan fingerprint density at radius 3 is 2.31 bits per heavy atom. The van der Waals surface area contributed by atoms with Crippen molar-refractivity contribution in [2.45, 2.75) is 52.1 Å². The van der Waals surface area contributed by atoms with Crippen LogP contribution in [0.1, 0.15) is 45.6 Å². The largest absolute Gasteiger partial charge is 0.444 e. The van der Waals surface area contributed by atoms with Gasteiger partial charge in [-0.3, -0.25) is 0 Å². The van der Waals surface area contributed by atoms with Gasteiger partial charge in [-0.1, -0.05) is 12.1 Å². The predicted molar refractivity (Wildman–Crippen MR) is 104 cm³/mol. The average molecular weight is 360 g/mol. The molecule has 3 rings (SSSR count). The van der Waals surface area contributed by atoms with E-state index in [4.69, 9.17) is 9.84 Å². The minimum Gasteiger partial charge on any atom is -0.444 e. The van der Waals surface area contributed by atoms with Crippen LogP contribution in [-0.4, -0.2) is 54.5 Å². The van der Waals surface area contributed by atoms with Crippen LogP contribution >= 0.6 is 0 Å². The van der Waals surface area contributed by atoms with E-state index in [9.17, 15) is 4.79 Å². The van der Waals surface area contributed by atoms with Crippen molar-refractivity contribution in [3.8, 4) is 0 Å². The lowest BCUT2D eigenvalue weighted by atomic mass is 9.78. The number of hydrogen-bond acceptors (Lipinski definition) is 4. The number of carbonyl (C=O) groups is 1. The van der Waals surface area contributed by atoms with Crippen molar-refractivity contribution in [1.29, 1.82) is 0 Å². The van der Waals surface area contributed by atoms with Gasteiger partial charge in [-0.05, 0) is 69.6 Å². The summed E-state index contributed by atoms with van der Waals surface area (Å²) in [5.41, 5.74) is 2.33. The lowest BCUT2D eigenvalue weighted by Gasteiger charge is -2.39.